The molecular weight excluding hydrogens is 126 g/mol. The zero-order valence-electron chi connectivity index (χ0n) is 6.01. The fourth-order valence-electron chi connectivity index (χ4n) is 1.84. The average Bonchev–Trinajstić information content (AvgIpc) is 2.27. The van der Waals surface area contributed by atoms with Crippen LogP contribution in [0.2, 0.25) is 0 Å². The molecule has 1 aliphatic heterocycles. The lowest BCUT2D eigenvalue weighted by Gasteiger charge is -2.22. The highest BCUT2D eigenvalue weighted by molar-refractivity contribution is 5.80. The molecule has 10 heavy (non-hydrogen) atoms. The van der Waals surface area contributed by atoms with E-state index in [1.165, 1.54) is 25.7 Å². The highest BCUT2D eigenvalue weighted by atomic mass is 15.2. The molecule has 1 heterocycles. The third-order valence-corrected chi connectivity index (χ3v) is 2.37. The van der Waals surface area contributed by atoms with Crippen LogP contribution >= 0.6 is 0 Å². The summed E-state index contributed by atoms with van der Waals surface area (Å²) < 4.78 is 0. The Balaban J connectivity index is 2.06. The highest BCUT2D eigenvalue weighted by Gasteiger charge is 2.29. The second kappa shape index (κ2) is 2.15. The van der Waals surface area contributed by atoms with Gasteiger partial charge in [0.2, 0.25) is 0 Å². The number of nitrogens with zero attached hydrogens (tertiary/aromatic N) is 1. The maximum Gasteiger partial charge on any atom is 0.189 e. The Morgan fingerprint density at radius 1 is 1.40 bits per heavy atom. The number of rotatable bonds is 0. The van der Waals surface area contributed by atoms with Gasteiger partial charge in [0, 0.05) is 0 Å². The summed E-state index contributed by atoms with van der Waals surface area (Å²) >= 11 is 0. The van der Waals surface area contributed by atoms with Crippen LogP contribution in [0.3, 0.4) is 0 Å². The first-order valence-electron chi connectivity index (χ1n) is 3.96. The molecule has 3 heteroatoms. The molecule has 0 aromatic heterocycles. The fourth-order valence-corrected chi connectivity index (χ4v) is 1.84. The van der Waals surface area contributed by atoms with Crippen molar-refractivity contribution >= 4 is 5.96 Å². The van der Waals surface area contributed by atoms with Gasteiger partial charge in [0.05, 0.1) is 12.1 Å². The fraction of sp³-hybridized carbons (Fsp3) is 0.857. The predicted molar refractivity (Wildman–Crippen MR) is 40.8 cm³/mol. The maximum atomic E-state index is 5.53. The first-order valence-corrected chi connectivity index (χ1v) is 3.96. The molecule has 3 N–H and O–H groups in total. The molecule has 2 rings (SSSR count). The second-order valence-corrected chi connectivity index (χ2v) is 3.12. The monoisotopic (exact) mass is 139 g/mol. The van der Waals surface area contributed by atoms with E-state index in [0.29, 0.717) is 18.0 Å². The average molecular weight is 139 g/mol. The summed E-state index contributed by atoms with van der Waals surface area (Å²) in [5.74, 6) is 0.650. The number of aliphatic imine (C=N–C) groups is 1. The van der Waals surface area contributed by atoms with Crippen LogP contribution in [-0.4, -0.2) is 18.0 Å². The quantitative estimate of drug-likeness (QED) is 0.504. The molecule has 0 radical (unpaired) electrons. The summed E-state index contributed by atoms with van der Waals surface area (Å²) in [6, 6.07) is 1.06. The van der Waals surface area contributed by atoms with Crippen molar-refractivity contribution in [2.75, 3.05) is 0 Å². The van der Waals surface area contributed by atoms with Crippen LogP contribution in [-0.2, 0) is 0 Å². The van der Waals surface area contributed by atoms with Gasteiger partial charge in [-0.05, 0) is 12.8 Å². The molecule has 3 nitrogen and oxygen atoms in total. The van der Waals surface area contributed by atoms with E-state index in [4.69, 9.17) is 5.73 Å². The summed E-state index contributed by atoms with van der Waals surface area (Å²) in [7, 11) is 0. The second-order valence-electron chi connectivity index (χ2n) is 3.12. The molecule has 1 saturated carbocycles. The summed E-state index contributed by atoms with van der Waals surface area (Å²) in [6.07, 6.45) is 5.11. The Kier molecular flexibility index (Phi) is 1.29. The molecule has 0 aromatic carbocycles. The van der Waals surface area contributed by atoms with Gasteiger partial charge in [-0.1, -0.05) is 12.8 Å². The van der Waals surface area contributed by atoms with Gasteiger partial charge in [-0.2, -0.15) is 0 Å². The van der Waals surface area contributed by atoms with E-state index in [2.05, 4.69) is 10.3 Å². The lowest BCUT2D eigenvalue weighted by Crippen LogP contribution is -2.39. The van der Waals surface area contributed by atoms with Gasteiger partial charge < -0.3 is 11.1 Å². The van der Waals surface area contributed by atoms with Crippen molar-refractivity contribution in [2.24, 2.45) is 10.7 Å². The molecule has 0 bridgehead atoms. The van der Waals surface area contributed by atoms with Crippen LogP contribution in [0.1, 0.15) is 25.7 Å². The van der Waals surface area contributed by atoms with Gasteiger partial charge in [0.25, 0.3) is 0 Å². The van der Waals surface area contributed by atoms with Crippen molar-refractivity contribution in [1.29, 1.82) is 0 Å². The van der Waals surface area contributed by atoms with Gasteiger partial charge in [-0.3, -0.25) is 0 Å². The summed E-state index contributed by atoms with van der Waals surface area (Å²) in [6.45, 7) is 0. The molecule has 0 saturated heterocycles. The number of fused-ring (bicyclic) bond motifs is 1. The van der Waals surface area contributed by atoms with E-state index in [1.807, 2.05) is 0 Å². The van der Waals surface area contributed by atoms with Crippen LogP contribution in [0.15, 0.2) is 4.99 Å². The van der Waals surface area contributed by atoms with E-state index in [9.17, 15) is 0 Å². The zero-order valence-corrected chi connectivity index (χ0v) is 6.01. The minimum absolute atomic E-state index is 0.494. The Hall–Kier alpha value is -0.730. The Morgan fingerprint density at radius 2 is 2.20 bits per heavy atom. The first-order chi connectivity index (χ1) is 4.86. The van der Waals surface area contributed by atoms with Gasteiger partial charge in [-0.25, -0.2) is 4.99 Å². The van der Waals surface area contributed by atoms with E-state index in [1.54, 1.807) is 0 Å². The third-order valence-electron chi connectivity index (χ3n) is 2.37. The first kappa shape index (κ1) is 6.01. The van der Waals surface area contributed by atoms with Crippen LogP contribution in [0.25, 0.3) is 0 Å². The van der Waals surface area contributed by atoms with Crippen LogP contribution in [0, 0.1) is 0 Å². The molecule has 0 amide bonds. The largest absolute Gasteiger partial charge is 0.370 e. The van der Waals surface area contributed by atoms with Crippen LogP contribution < -0.4 is 11.1 Å². The number of guanidine groups is 1. The van der Waals surface area contributed by atoms with E-state index in [-0.39, 0.29) is 0 Å². The highest BCUT2D eigenvalue weighted by Crippen LogP contribution is 2.23. The van der Waals surface area contributed by atoms with Crippen molar-refractivity contribution in [3.05, 3.63) is 0 Å². The lowest BCUT2D eigenvalue weighted by molar-refractivity contribution is 0.384. The molecule has 1 fully saturated rings. The molecule has 0 spiro atoms. The summed E-state index contributed by atoms with van der Waals surface area (Å²) in [5, 5.41) is 3.18. The molecule has 0 unspecified atom stereocenters. The number of hydrogen-bond acceptors (Lipinski definition) is 3. The minimum atomic E-state index is 0.494. The Morgan fingerprint density at radius 3 is 3.00 bits per heavy atom. The summed E-state index contributed by atoms with van der Waals surface area (Å²) in [4.78, 5) is 4.29. The molecule has 2 atom stereocenters. The Bertz CT molecular complexity index is 164. The standard InChI is InChI=1S/C7H13N3/c8-7-9-5-3-1-2-4-6(5)10-7/h5-6H,1-4H2,(H3,8,9,10)/t5-,6-/m1/s1. The smallest absolute Gasteiger partial charge is 0.189 e. The lowest BCUT2D eigenvalue weighted by atomic mass is 9.92. The van der Waals surface area contributed by atoms with E-state index in [0.717, 1.165) is 0 Å². The molecule has 56 valence electrons. The Labute approximate surface area is 60.7 Å². The zero-order chi connectivity index (χ0) is 6.97. The van der Waals surface area contributed by atoms with Crippen LogP contribution in [0.4, 0.5) is 0 Å². The van der Waals surface area contributed by atoms with Gasteiger partial charge >= 0.3 is 0 Å². The van der Waals surface area contributed by atoms with Gasteiger partial charge in [0.15, 0.2) is 5.96 Å². The van der Waals surface area contributed by atoms with Crippen molar-refractivity contribution in [3.8, 4) is 0 Å². The molecule has 0 aromatic rings. The van der Waals surface area contributed by atoms with Crippen molar-refractivity contribution < 1.29 is 0 Å². The number of nitrogens with two attached hydrogens (primary N) is 1. The van der Waals surface area contributed by atoms with Gasteiger partial charge in [-0.15, -0.1) is 0 Å². The van der Waals surface area contributed by atoms with Crippen molar-refractivity contribution in [3.63, 3.8) is 0 Å². The van der Waals surface area contributed by atoms with E-state index < -0.39 is 0 Å². The van der Waals surface area contributed by atoms with Crippen LogP contribution in [0.5, 0.6) is 0 Å². The normalized spacial score (nSPS) is 38.2. The van der Waals surface area contributed by atoms with E-state index >= 15 is 0 Å². The molecule has 2 aliphatic rings. The number of nitrogens with one attached hydrogen (secondary N) is 1. The number of hydrogen-bond donors (Lipinski definition) is 2. The maximum absolute atomic E-state index is 5.53. The van der Waals surface area contributed by atoms with Gasteiger partial charge in [0.1, 0.15) is 0 Å². The topological polar surface area (TPSA) is 50.4 Å². The molecular formula is C7H13N3. The van der Waals surface area contributed by atoms with Crippen molar-refractivity contribution in [2.45, 2.75) is 37.8 Å². The summed E-state index contributed by atoms with van der Waals surface area (Å²) in [5.41, 5.74) is 5.53. The minimum Gasteiger partial charge on any atom is -0.370 e. The van der Waals surface area contributed by atoms with Crippen molar-refractivity contribution in [1.82, 2.24) is 5.32 Å². The molecule has 1 aliphatic carbocycles. The predicted octanol–water partition coefficient (Wildman–Crippen LogP) is 0.215. The third kappa shape index (κ3) is 0.856. The SMILES string of the molecule is NC1=N[C@@H]2CCCC[C@H]2N1.